The fourth-order valence-electron chi connectivity index (χ4n) is 4.31. The minimum atomic E-state index is -1.33. The summed E-state index contributed by atoms with van der Waals surface area (Å²) in [6.07, 6.45) is 5.38. The number of aromatic carboxylic acids is 2. The molecule has 0 spiro atoms. The van der Waals surface area contributed by atoms with Crippen molar-refractivity contribution in [1.82, 2.24) is 0 Å². The standard InChI is InChI=1S/C28H28I2O4/c1-3-5-9-17-11-7-13-21(29)23(17)25-19(27(31)32)15-16-20(28(33)34)26(25)24-18(10-6-4-2)12-8-14-22(24)30/h7-8,11-16H,3-6,9-10H2,1-2H3,(H,31,32)(H,33,34)/p-2. The van der Waals surface area contributed by atoms with E-state index in [0.29, 0.717) is 11.1 Å². The molecule has 0 radical (unpaired) electrons. The minimum absolute atomic E-state index is 0.0111. The van der Waals surface area contributed by atoms with Crippen LogP contribution in [-0.4, -0.2) is 11.9 Å². The Bertz CT molecular complexity index is 1120. The van der Waals surface area contributed by atoms with Crippen molar-refractivity contribution >= 4 is 57.1 Å². The largest absolute Gasteiger partial charge is 0.545 e. The normalized spacial score (nSPS) is 10.9. The molecule has 4 nitrogen and oxygen atoms in total. The van der Waals surface area contributed by atoms with Crippen molar-refractivity contribution in [2.75, 3.05) is 0 Å². The van der Waals surface area contributed by atoms with Gasteiger partial charge in [-0.15, -0.1) is 0 Å². The Balaban J connectivity index is 2.53. The van der Waals surface area contributed by atoms with Crippen LogP contribution < -0.4 is 10.2 Å². The molecule has 0 atom stereocenters. The molecule has 34 heavy (non-hydrogen) atoms. The molecule has 0 bridgehead atoms. The summed E-state index contributed by atoms with van der Waals surface area (Å²) in [7, 11) is 0. The Kier molecular flexibility index (Phi) is 9.53. The summed E-state index contributed by atoms with van der Waals surface area (Å²) < 4.78 is 1.73. The summed E-state index contributed by atoms with van der Waals surface area (Å²) in [4.78, 5) is 24.7. The van der Waals surface area contributed by atoms with E-state index in [-0.39, 0.29) is 11.1 Å². The fourth-order valence-corrected chi connectivity index (χ4v) is 5.96. The first kappa shape index (κ1) is 26.7. The predicted molar refractivity (Wildman–Crippen MR) is 149 cm³/mol. The van der Waals surface area contributed by atoms with E-state index < -0.39 is 11.9 Å². The lowest BCUT2D eigenvalue weighted by atomic mass is 9.82. The molecule has 0 unspecified atom stereocenters. The zero-order valence-corrected chi connectivity index (χ0v) is 23.6. The van der Waals surface area contributed by atoms with Gasteiger partial charge in [-0.25, -0.2) is 0 Å². The summed E-state index contributed by atoms with van der Waals surface area (Å²) >= 11 is 4.42. The van der Waals surface area contributed by atoms with Gasteiger partial charge >= 0.3 is 0 Å². The SMILES string of the molecule is CCCCc1cccc(I)c1-c1c(C(=O)[O-])ccc(C(=O)[O-])c1-c1c(I)cccc1CCCC. The van der Waals surface area contributed by atoms with Gasteiger partial charge in [0, 0.05) is 29.4 Å². The molecular formula is C28H26I2O4-2. The lowest BCUT2D eigenvalue weighted by Crippen LogP contribution is -2.27. The van der Waals surface area contributed by atoms with E-state index >= 15 is 0 Å². The highest BCUT2D eigenvalue weighted by molar-refractivity contribution is 14.1. The third-order valence-electron chi connectivity index (χ3n) is 5.94. The maximum atomic E-state index is 12.4. The quantitative estimate of drug-likeness (QED) is 0.260. The molecule has 0 fully saturated rings. The predicted octanol–water partition coefficient (Wildman–Crippen LogP) is 5.64. The summed E-state index contributed by atoms with van der Waals surface area (Å²) in [5.74, 6) is -2.66. The van der Waals surface area contributed by atoms with Crippen molar-refractivity contribution in [1.29, 1.82) is 0 Å². The Morgan fingerprint density at radius 1 is 0.647 bits per heavy atom. The highest BCUT2D eigenvalue weighted by atomic mass is 127. The summed E-state index contributed by atoms with van der Waals surface area (Å²) in [5.41, 5.74) is 4.29. The van der Waals surface area contributed by atoms with Crippen LogP contribution in [0.25, 0.3) is 22.3 Å². The summed E-state index contributed by atoms with van der Waals surface area (Å²) in [5, 5.41) is 24.7. The number of hydrogen-bond acceptors (Lipinski definition) is 4. The molecule has 0 aliphatic heterocycles. The van der Waals surface area contributed by atoms with Gasteiger partial charge in [0.2, 0.25) is 0 Å². The molecular weight excluding hydrogens is 654 g/mol. The summed E-state index contributed by atoms with van der Waals surface area (Å²) in [6, 6.07) is 14.4. The van der Waals surface area contributed by atoms with Crippen LogP contribution in [-0.2, 0) is 12.8 Å². The van der Waals surface area contributed by atoms with Gasteiger partial charge in [-0.05, 0) is 105 Å². The van der Waals surface area contributed by atoms with Gasteiger partial charge in [0.1, 0.15) is 0 Å². The number of benzene rings is 3. The number of aryl methyl sites for hydroxylation is 2. The molecule has 0 saturated carbocycles. The van der Waals surface area contributed by atoms with E-state index in [2.05, 4.69) is 59.0 Å². The maximum absolute atomic E-state index is 12.4. The van der Waals surface area contributed by atoms with Crippen LogP contribution in [0.1, 0.15) is 71.4 Å². The first-order chi connectivity index (χ1) is 16.3. The zero-order valence-electron chi connectivity index (χ0n) is 19.3. The second kappa shape index (κ2) is 12.2. The van der Waals surface area contributed by atoms with Gasteiger partial charge in [0.15, 0.2) is 0 Å². The lowest BCUT2D eigenvalue weighted by Gasteiger charge is -2.25. The van der Waals surface area contributed by atoms with Gasteiger partial charge in [-0.2, -0.15) is 0 Å². The van der Waals surface area contributed by atoms with Crippen molar-refractivity contribution in [3.05, 3.63) is 77.9 Å². The van der Waals surface area contributed by atoms with Crippen molar-refractivity contribution < 1.29 is 19.8 Å². The van der Waals surface area contributed by atoms with Gasteiger partial charge in [-0.1, -0.05) is 63.1 Å². The molecule has 0 heterocycles. The van der Waals surface area contributed by atoms with Crippen LogP contribution in [0.2, 0.25) is 0 Å². The second-order valence-electron chi connectivity index (χ2n) is 8.24. The minimum Gasteiger partial charge on any atom is -0.545 e. The molecule has 3 aromatic carbocycles. The molecule has 178 valence electrons. The average molecular weight is 680 g/mol. The zero-order chi connectivity index (χ0) is 24.8. The van der Waals surface area contributed by atoms with E-state index in [1.807, 2.05) is 36.4 Å². The van der Waals surface area contributed by atoms with Crippen molar-refractivity contribution in [3.8, 4) is 22.3 Å². The average Bonchev–Trinajstić information content (AvgIpc) is 2.80. The monoisotopic (exact) mass is 680 g/mol. The molecule has 0 saturated heterocycles. The number of carboxylic acid groups (broad SMARTS) is 2. The van der Waals surface area contributed by atoms with Crippen LogP contribution in [0, 0.1) is 7.14 Å². The Hall–Kier alpha value is -1.94. The third-order valence-corrected chi connectivity index (χ3v) is 7.74. The number of carbonyl (C=O) groups excluding carboxylic acids is 2. The van der Waals surface area contributed by atoms with Gasteiger partial charge < -0.3 is 19.8 Å². The van der Waals surface area contributed by atoms with Crippen LogP contribution in [0.4, 0.5) is 0 Å². The molecule has 0 amide bonds. The van der Waals surface area contributed by atoms with Crippen LogP contribution >= 0.6 is 45.2 Å². The summed E-state index contributed by atoms with van der Waals surface area (Å²) in [6.45, 7) is 4.21. The molecule has 0 aliphatic rings. The van der Waals surface area contributed by atoms with E-state index in [1.165, 1.54) is 12.1 Å². The van der Waals surface area contributed by atoms with Gasteiger partial charge in [-0.3, -0.25) is 0 Å². The maximum Gasteiger partial charge on any atom is 0.0721 e. The Morgan fingerprint density at radius 2 is 1.03 bits per heavy atom. The Labute approximate surface area is 228 Å². The van der Waals surface area contributed by atoms with E-state index in [1.54, 1.807) is 0 Å². The molecule has 0 N–H and O–H groups in total. The number of rotatable bonds is 10. The molecule has 6 heteroatoms. The number of halogens is 2. The van der Waals surface area contributed by atoms with Crippen molar-refractivity contribution in [2.24, 2.45) is 0 Å². The fraction of sp³-hybridized carbons (Fsp3) is 0.286. The van der Waals surface area contributed by atoms with Crippen LogP contribution in [0.5, 0.6) is 0 Å². The first-order valence-electron chi connectivity index (χ1n) is 11.5. The van der Waals surface area contributed by atoms with E-state index in [9.17, 15) is 19.8 Å². The van der Waals surface area contributed by atoms with Gasteiger partial charge in [0.25, 0.3) is 0 Å². The first-order valence-corrected chi connectivity index (χ1v) is 13.6. The van der Waals surface area contributed by atoms with Crippen molar-refractivity contribution in [3.63, 3.8) is 0 Å². The number of carboxylic acids is 2. The van der Waals surface area contributed by atoms with Crippen LogP contribution in [0.3, 0.4) is 0 Å². The van der Waals surface area contributed by atoms with Crippen molar-refractivity contribution in [2.45, 2.75) is 52.4 Å². The third kappa shape index (κ3) is 5.64. The van der Waals surface area contributed by atoms with Gasteiger partial charge in [0.05, 0.1) is 11.9 Å². The number of hydrogen-bond donors (Lipinski definition) is 0. The highest BCUT2D eigenvalue weighted by Crippen LogP contribution is 2.44. The topological polar surface area (TPSA) is 80.3 Å². The molecule has 0 aromatic heterocycles. The van der Waals surface area contributed by atoms with E-state index in [0.717, 1.165) is 67.9 Å². The number of unbranched alkanes of at least 4 members (excludes halogenated alkanes) is 2. The van der Waals surface area contributed by atoms with E-state index in [4.69, 9.17) is 0 Å². The molecule has 0 aliphatic carbocycles. The second-order valence-corrected chi connectivity index (χ2v) is 10.6. The molecule has 3 aromatic rings. The Morgan fingerprint density at radius 3 is 1.35 bits per heavy atom. The number of carbonyl (C=O) groups is 2. The smallest absolute Gasteiger partial charge is 0.0721 e. The lowest BCUT2D eigenvalue weighted by molar-refractivity contribution is -0.256. The highest BCUT2D eigenvalue weighted by Gasteiger charge is 2.24. The molecule has 3 rings (SSSR count). The van der Waals surface area contributed by atoms with Crippen LogP contribution in [0.15, 0.2) is 48.5 Å².